The fourth-order valence-electron chi connectivity index (χ4n) is 3.40. The van der Waals surface area contributed by atoms with Crippen LogP contribution in [0.1, 0.15) is 35.0 Å². The number of nitriles is 1. The molecule has 0 N–H and O–H groups in total. The lowest BCUT2D eigenvalue weighted by Gasteiger charge is -2.13. The van der Waals surface area contributed by atoms with Gasteiger partial charge in [0.05, 0.1) is 23.6 Å². The average molecular weight is 439 g/mol. The van der Waals surface area contributed by atoms with Crippen LogP contribution in [0, 0.1) is 11.3 Å². The van der Waals surface area contributed by atoms with E-state index in [2.05, 4.69) is 23.6 Å². The third-order valence-corrected chi connectivity index (χ3v) is 7.24. The van der Waals surface area contributed by atoms with Crippen LogP contribution >= 0.6 is 34.4 Å². The molecule has 0 fully saturated rings. The Kier molecular flexibility index (Phi) is 6.14. The molecule has 0 amide bonds. The second kappa shape index (κ2) is 8.95. The monoisotopic (exact) mass is 438 g/mol. The Bertz CT molecular complexity index is 1090. The second-order valence-corrected chi connectivity index (χ2v) is 9.25. The minimum absolute atomic E-state index is 0.141. The summed E-state index contributed by atoms with van der Waals surface area (Å²) in [5, 5.41) is 14.6. The summed E-state index contributed by atoms with van der Waals surface area (Å²) < 4.78 is 5.05. The third-order valence-electron chi connectivity index (χ3n) is 4.58. The average Bonchev–Trinajstić information content (AvgIpc) is 3.48. The molecule has 3 aromatic heterocycles. The molecule has 0 aromatic carbocycles. The van der Waals surface area contributed by atoms with Crippen molar-refractivity contribution in [1.29, 1.82) is 5.26 Å². The van der Waals surface area contributed by atoms with E-state index in [0.717, 1.165) is 34.5 Å². The van der Waals surface area contributed by atoms with Crippen LogP contribution in [0.2, 0.25) is 0 Å². The zero-order valence-electron chi connectivity index (χ0n) is 15.8. The molecule has 29 heavy (non-hydrogen) atoms. The van der Waals surface area contributed by atoms with Crippen LogP contribution in [0.25, 0.3) is 22.1 Å². The summed E-state index contributed by atoms with van der Waals surface area (Å²) in [6, 6.07) is 10.5. The van der Waals surface area contributed by atoms with Crippen LogP contribution in [0.3, 0.4) is 0 Å². The van der Waals surface area contributed by atoms with Gasteiger partial charge in [-0.25, -0.2) is 4.98 Å². The van der Waals surface area contributed by atoms with E-state index < -0.39 is 0 Å². The number of ether oxygens (including phenoxy) is 1. The molecule has 1 aliphatic carbocycles. The highest BCUT2D eigenvalue weighted by atomic mass is 32.2. The molecule has 0 bridgehead atoms. The quantitative estimate of drug-likeness (QED) is 0.355. The first kappa shape index (κ1) is 19.9. The van der Waals surface area contributed by atoms with Gasteiger partial charge in [0.15, 0.2) is 0 Å². The van der Waals surface area contributed by atoms with Gasteiger partial charge in [-0.15, -0.1) is 22.7 Å². The molecule has 3 aromatic rings. The second-order valence-electron chi connectivity index (χ2n) is 6.36. The number of hydrogen-bond donors (Lipinski definition) is 0. The van der Waals surface area contributed by atoms with Crippen LogP contribution in [-0.4, -0.2) is 23.3 Å². The van der Waals surface area contributed by atoms with Gasteiger partial charge in [0.1, 0.15) is 11.1 Å². The Labute approximate surface area is 181 Å². The minimum Gasteiger partial charge on any atom is -0.465 e. The predicted molar refractivity (Wildman–Crippen MR) is 120 cm³/mol. The van der Waals surface area contributed by atoms with Crippen LogP contribution < -0.4 is 0 Å². The van der Waals surface area contributed by atoms with Gasteiger partial charge in [0.2, 0.25) is 0 Å². The molecule has 1 aliphatic rings. The molecule has 0 saturated heterocycles. The third kappa shape index (κ3) is 4.15. The number of nitrogens with zero attached hydrogens (tertiary/aromatic N) is 2. The highest BCUT2D eigenvalue weighted by Gasteiger charge is 2.28. The van der Waals surface area contributed by atoms with Crippen molar-refractivity contribution in [1.82, 2.24) is 4.98 Å². The standard InChI is InChI=1S/C22H18N2O2S3/c1-2-26-19(25)13-29-22-17(12-23)20(18-6-4-10-28-18)16-8-7-14(21(16)24-22)11-15-5-3-9-27-15/h3-6,9-11H,2,7-8,13H2,1H3. The molecule has 0 radical (unpaired) electrons. The van der Waals surface area contributed by atoms with Crippen LogP contribution in [0.4, 0.5) is 0 Å². The fraction of sp³-hybridized carbons (Fsp3) is 0.227. The number of allylic oxidation sites excluding steroid dienone is 1. The summed E-state index contributed by atoms with van der Waals surface area (Å²) in [7, 11) is 0. The van der Waals surface area contributed by atoms with Crippen molar-refractivity contribution in [3.8, 4) is 16.5 Å². The van der Waals surface area contributed by atoms with Crippen molar-refractivity contribution in [2.45, 2.75) is 24.8 Å². The van der Waals surface area contributed by atoms with Crippen molar-refractivity contribution in [3.05, 3.63) is 56.7 Å². The largest absolute Gasteiger partial charge is 0.465 e. The molecule has 0 unspecified atom stereocenters. The van der Waals surface area contributed by atoms with Gasteiger partial charge in [-0.05, 0) is 59.9 Å². The SMILES string of the molecule is CCOC(=O)CSc1nc2c(c(-c3cccs3)c1C#N)CCC2=Cc1cccs1. The smallest absolute Gasteiger partial charge is 0.316 e. The molecule has 4 rings (SSSR count). The van der Waals surface area contributed by atoms with E-state index in [0.29, 0.717) is 17.2 Å². The summed E-state index contributed by atoms with van der Waals surface area (Å²) in [5.41, 5.74) is 4.79. The van der Waals surface area contributed by atoms with E-state index in [4.69, 9.17) is 9.72 Å². The number of aromatic nitrogens is 1. The number of carbonyl (C=O) groups is 1. The minimum atomic E-state index is -0.296. The van der Waals surface area contributed by atoms with Crippen LogP contribution in [0.15, 0.2) is 40.1 Å². The summed E-state index contributed by atoms with van der Waals surface area (Å²) in [4.78, 5) is 19.0. The van der Waals surface area contributed by atoms with E-state index >= 15 is 0 Å². The molecule has 0 spiro atoms. The van der Waals surface area contributed by atoms with Crippen LogP contribution in [-0.2, 0) is 16.0 Å². The predicted octanol–water partition coefficient (Wildman–Crippen LogP) is 5.89. The maximum absolute atomic E-state index is 11.9. The van der Waals surface area contributed by atoms with E-state index in [9.17, 15) is 10.1 Å². The molecule has 0 atom stereocenters. The Hall–Kier alpha value is -2.40. The Morgan fingerprint density at radius 2 is 2.14 bits per heavy atom. The van der Waals surface area contributed by atoms with Crippen molar-refractivity contribution in [2.24, 2.45) is 0 Å². The first-order valence-corrected chi connectivity index (χ1v) is 12.0. The summed E-state index contributed by atoms with van der Waals surface area (Å²) >= 11 is 4.60. The fourth-order valence-corrected chi connectivity index (χ4v) is 5.68. The van der Waals surface area contributed by atoms with Crippen molar-refractivity contribution in [3.63, 3.8) is 0 Å². The normalized spacial score (nSPS) is 14.0. The molecule has 7 heteroatoms. The van der Waals surface area contributed by atoms with Crippen molar-refractivity contribution < 1.29 is 9.53 Å². The first-order valence-electron chi connectivity index (χ1n) is 9.25. The summed E-state index contributed by atoms with van der Waals surface area (Å²) in [6.07, 6.45) is 3.95. The Morgan fingerprint density at radius 1 is 1.31 bits per heavy atom. The number of pyridine rings is 1. The van der Waals surface area contributed by atoms with Gasteiger partial charge < -0.3 is 4.74 Å². The van der Waals surface area contributed by atoms with Crippen molar-refractivity contribution >= 4 is 52.1 Å². The molecular formula is C22H18N2O2S3. The van der Waals surface area contributed by atoms with Gasteiger partial charge in [0, 0.05) is 15.3 Å². The number of carbonyl (C=O) groups excluding carboxylic acids is 1. The summed E-state index contributed by atoms with van der Waals surface area (Å²) in [6.45, 7) is 2.13. The van der Waals surface area contributed by atoms with Crippen LogP contribution in [0.5, 0.6) is 0 Å². The maximum atomic E-state index is 11.9. The van der Waals surface area contributed by atoms with Crippen molar-refractivity contribution in [2.75, 3.05) is 12.4 Å². The number of thioether (sulfide) groups is 1. The number of hydrogen-bond acceptors (Lipinski definition) is 7. The lowest BCUT2D eigenvalue weighted by molar-refractivity contribution is -0.139. The van der Waals surface area contributed by atoms with E-state index in [1.54, 1.807) is 29.6 Å². The molecule has 0 aliphatic heterocycles. The highest BCUT2D eigenvalue weighted by Crippen LogP contribution is 2.44. The zero-order valence-corrected chi connectivity index (χ0v) is 18.3. The topological polar surface area (TPSA) is 63.0 Å². The zero-order chi connectivity index (χ0) is 20.2. The van der Waals surface area contributed by atoms with Gasteiger partial charge in [0.25, 0.3) is 0 Å². The number of fused-ring (bicyclic) bond motifs is 1. The van der Waals surface area contributed by atoms with Gasteiger partial charge in [-0.1, -0.05) is 23.9 Å². The van der Waals surface area contributed by atoms with Gasteiger partial charge in [-0.3, -0.25) is 4.79 Å². The molecule has 3 heterocycles. The molecule has 0 saturated carbocycles. The number of esters is 1. The van der Waals surface area contributed by atoms with E-state index in [-0.39, 0.29) is 11.7 Å². The Morgan fingerprint density at radius 3 is 2.83 bits per heavy atom. The number of rotatable bonds is 6. The molecule has 146 valence electrons. The molecular weight excluding hydrogens is 420 g/mol. The van der Waals surface area contributed by atoms with E-state index in [1.807, 2.05) is 23.6 Å². The lowest BCUT2D eigenvalue weighted by Crippen LogP contribution is -2.08. The lowest BCUT2D eigenvalue weighted by atomic mass is 10.0. The van der Waals surface area contributed by atoms with Gasteiger partial charge >= 0.3 is 5.97 Å². The van der Waals surface area contributed by atoms with Gasteiger partial charge in [-0.2, -0.15) is 5.26 Å². The first-order chi connectivity index (χ1) is 14.2. The Balaban J connectivity index is 1.83. The summed E-state index contributed by atoms with van der Waals surface area (Å²) in [5.74, 6) is -0.155. The molecule has 4 nitrogen and oxygen atoms in total. The van der Waals surface area contributed by atoms with E-state index in [1.165, 1.54) is 22.2 Å². The maximum Gasteiger partial charge on any atom is 0.316 e. The number of thiophene rings is 2. The highest BCUT2D eigenvalue weighted by molar-refractivity contribution is 7.99.